The molecule has 31 heavy (non-hydrogen) atoms. The highest BCUT2D eigenvalue weighted by Gasteiger charge is 2.13. The summed E-state index contributed by atoms with van der Waals surface area (Å²) >= 11 is 9.16. The molecule has 156 valence electrons. The van der Waals surface area contributed by atoms with Gasteiger partial charge in [-0.3, -0.25) is 9.59 Å². The summed E-state index contributed by atoms with van der Waals surface area (Å²) in [6, 6.07) is 19.6. The molecule has 3 rings (SSSR count). The van der Waals surface area contributed by atoms with Crippen LogP contribution in [0.1, 0.15) is 15.9 Å². The van der Waals surface area contributed by atoms with E-state index in [1.54, 1.807) is 66.7 Å². The summed E-state index contributed by atoms with van der Waals surface area (Å²) in [5.74, 6) is -1.96. The Kier molecular flexibility index (Phi) is 7.53. The molecule has 0 heterocycles. The van der Waals surface area contributed by atoms with Gasteiger partial charge in [0.05, 0.1) is 11.8 Å². The highest BCUT2D eigenvalue weighted by atomic mass is 79.9. The standard InChI is InChI=1S/C22H15BrClN3O4/c23-16-6-8-18(9-7-16)26-20(28)21(29)27-25-13-14-4-10-19(11-5-14)31-22(30)15-2-1-3-17(24)12-15/h1-13H,(H,26,28)(H,27,29)/b25-13+. The molecule has 0 fully saturated rings. The van der Waals surface area contributed by atoms with Crippen molar-refractivity contribution in [3.63, 3.8) is 0 Å². The van der Waals surface area contributed by atoms with Gasteiger partial charge in [-0.1, -0.05) is 33.6 Å². The molecule has 3 aromatic rings. The van der Waals surface area contributed by atoms with Crippen LogP contribution in [0.5, 0.6) is 5.75 Å². The predicted octanol–water partition coefficient (Wildman–Crippen LogP) is 4.41. The number of hydrogen-bond donors (Lipinski definition) is 2. The topological polar surface area (TPSA) is 96.9 Å². The normalized spacial score (nSPS) is 10.5. The molecular weight excluding hydrogens is 486 g/mol. The molecule has 0 aliphatic rings. The van der Waals surface area contributed by atoms with E-state index in [4.69, 9.17) is 16.3 Å². The Bertz CT molecular complexity index is 1130. The van der Waals surface area contributed by atoms with Crippen LogP contribution in [0.25, 0.3) is 0 Å². The van der Waals surface area contributed by atoms with Crippen molar-refractivity contribution in [3.8, 4) is 5.75 Å². The summed E-state index contributed by atoms with van der Waals surface area (Å²) in [6.45, 7) is 0. The lowest BCUT2D eigenvalue weighted by Crippen LogP contribution is -2.32. The minimum absolute atomic E-state index is 0.333. The number of esters is 1. The molecule has 2 N–H and O–H groups in total. The van der Waals surface area contributed by atoms with Gasteiger partial charge in [0.25, 0.3) is 0 Å². The second kappa shape index (κ2) is 10.5. The van der Waals surface area contributed by atoms with Gasteiger partial charge in [0.2, 0.25) is 0 Å². The van der Waals surface area contributed by atoms with Crippen LogP contribution in [-0.4, -0.2) is 24.0 Å². The number of hydrogen-bond acceptors (Lipinski definition) is 5. The van der Waals surface area contributed by atoms with Crippen LogP contribution in [0.15, 0.2) is 82.4 Å². The number of halogens is 2. The van der Waals surface area contributed by atoms with Crippen molar-refractivity contribution in [2.75, 3.05) is 5.32 Å². The van der Waals surface area contributed by atoms with E-state index in [0.29, 0.717) is 27.6 Å². The average molecular weight is 501 g/mol. The Morgan fingerprint density at radius 3 is 2.32 bits per heavy atom. The molecule has 0 aromatic heterocycles. The van der Waals surface area contributed by atoms with Crippen molar-refractivity contribution in [2.24, 2.45) is 5.10 Å². The van der Waals surface area contributed by atoms with Crippen molar-refractivity contribution in [1.29, 1.82) is 0 Å². The van der Waals surface area contributed by atoms with E-state index >= 15 is 0 Å². The highest BCUT2D eigenvalue weighted by Crippen LogP contribution is 2.16. The molecule has 0 unspecified atom stereocenters. The van der Waals surface area contributed by atoms with Crippen molar-refractivity contribution in [1.82, 2.24) is 5.43 Å². The molecule has 0 saturated heterocycles. The number of benzene rings is 3. The number of ether oxygens (including phenoxy) is 1. The van der Waals surface area contributed by atoms with Crippen LogP contribution in [0.2, 0.25) is 5.02 Å². The fourth-order valence-electron chi connectivity index (χ4n) is 2.34. The van der Waals surface area contributed by atoms with Crippen molar-refractivity contribution in [2.45, 2.75) is 0 Å². The summed E-state index contributed by atoms with van der Waals surface area (Å²) in [5.41, 5.74) is 3.59. The molecule has 0 radical (unpaired) electrons. The predicted molar refractivity (Wildman–Crippen MR) is 121 cm³/mol. The van der Waals surface area contributed by atoms with E-state index in [-0.39, 0.29) is 0 Å². The summed E-state index contributed by atoms with van der Waals surface area (Å²) < 4.78 is 6.13. The largest absolute Gasteiger partial charge is 0.423 e. The van der Waals surface area contributed by atoms with E-state index in [2.05, 4.69) is 31.8 Å². The van der Waals surface area contributed by atoms with Crippen LogP contribution in [0.4, 0.5) is 5.69 Å². The van der Waals surface area contributed by atoms with E-state index in [1.807, 2.05) is 0 Å². The first-order valence-corrected chi connectivity index (χ1v) is 10.1. The van der Waals surface area contributed by atoms with Gasteiger partial charge in [-0.15, -0.1) is 0 Å². The van der Waals surface area contributed by atoms with Crippen molar-refractivity contribution < 1.29 is 19.1 Å². The monoisotopic (exact) mass is 499 g/mol. The van der Waals surface area contributed by atoms with Gasteiger partial charge in [0.15, 0.2) is 0 Å². The maximum absolute atomic E-state index is 12.1. The Hall–Kier alpha value is -3.49. The summed E-state index contributed by atoms with van der Waals surface area (Å²) in [6.07, 6.45) is 1.35. The average Bonchev–Trinajstić information content (AvgIpc) is 2.76. The fourth-order valence-corrected chi connectivity index (χ4v) is 2.80. The van der Waals surface area contributed by atoms with Gasteiger partial charge in [-0.25, -0.2) is 10.2 Å². The number of carbonyl (C=O) groups is 3. The molecule has 0 bridgehead atoms. The van der Waals surface area contributed by atoms with Gasteiger partial charge in [0, 0.05) is 15.2 Å². The van der Waals surface area contributed by atoms with Gasteiger partial charge in [0.1, 0.15) is 5.75 Å². The molecular formula is C22H15BrClN3O4. The Balaban J connectivity index is 1.50. The molecule has 7 nitrogen and oxygen atoms in total. The van der Waals surface area contributed by atoms with Crippen LogP contribution >= 0.6 is 27.5 Å². The smallest absolute Gasteiger partial charge is 0.343 e. The van der Waals surface area contributed by atoms with Crippen LogP contribution < -0.4 is 15.5 Å². The molecule has 0 aliphatic carbocycles. The first-order chi connectivity index (χ1) is 14.9. The first kappa shape index (κ1) is 22.2. The van der Waals surface area contributed by atoms with E-state index in [1.165, 1.54) is 12.3 Å². The van der Waals surface area contributed by atoms with Crippen molar-refractivity contribution >= 4 is 57.2 Å². The third-order valence-electron chi connectivity index (χ3n) is 3.84. The number of nitrogens with one attached hydrogen (secondary N) is 2. The second-order valence-electron chi connectivity index (χ2n) is 6.13. The molecule has 0 atom stereocenters. The van der Waals surface area contributed by atoms with Crippen LogP contribution in [0, 0.1) is 0 Å². The highest BCUT2D eigenvalue weighted by molar-refractivity contribution is 9.10. The summed E-state index contributed by atoms with van der Waals surface area (Å²) in [7, 11) is 0. The minimum Gasteiger partial charge on any atom is -0.423 e. The number of rotatable bonds is 5. The molecule has 9 heteroatoms. The third-order valence-corrected chi connectivity index (χ3v) is 4.60. The Labute approximate surface area is 191 Å². The minimum atomic E-state index is -0.911. The van der Waals surface area contributed by atoms with Crippen LogP contribution in [-0.2, 0) is 9.59 Å². The lowest BCUT2D eigenvalue weighted by atomic mass is 10.2. The quantitative estimate of drug-likeness (QED) is 0.178. The third kappa shape index (κ3) is 6.77. The maximum Gasteiger partial charge on any atom is 0.343 e. The van der Waals surface area contributed by atoms with Crippen LogP contribution in [0.3, 0.4) is 0 Å². The molecule has 2 amide bonds. The number of amides is 2. The number of anilines is 1. The van der Waals surface area contributed by atoms with E-state index < -0.39 is 17.8 Å². The van der Waals surface area contributed by atoms with Crippen molar-refractivity contribution in [3.05, 3.63) is 93.4 Å². The fraction of sp³-hybridized carbons (Fsp3) is 0. The Morgan fingerprint density at radius 2 is 1.65 bits per heavy atom. The lowest BCUT2D eigenvalue weighted by molar-refractivity contribution is -0.136. The van der Waals surface area contributed by atoms with Gasteiger partial charge in [-0.05, 0) is 72.3 Å². The number of carbonyl (C=O) groups excluding carboxylic acids is 3. The first-order valence-electron chi connectivity index (χ1n) is 8.88. The zero-order chi connectivity index (χ0) is 22.2. The summed E-state index contributed by atoms with van der Waals surface area (Å²) in [4.78, 5) is 35.8. The van der Waals surface area contributed by atoms with Gasteiger partial charge >= 0.3 is 17.8 Å². The number of hydrazone groups is 1. The molecule has 3 aromatic carbocycles. The van der Waals surface area contributed by atoms with Gasteiger partial charge in [-0.2, -0.15) is 5.10 Å². The summed E-state index contributed by atoms with van der Waals surface area (Å²) in [5, 5.41) is 6.65. The SMILES string of the molecule is O=C(N/N=C/c1ccc(OC(=O)c2cccc(Cl)c2)cc1)C(=O)Nc1ccc(Br)cc1. The molecule has 0 saturated carbocycles. The zero-order valence-electron chi connectivity index (χ0n) is 15.8. The van der Waals surface area contributed by atoms with E-state index in [0.717, 1.165) is 4.47 Å². The Morgan fingerprint density at radius 1 is 0.935 bits per heavy atom. The zero-order valence-corrected chi connectivity index (χ0v) is 18.2. The molecule has 0 spiro atoms. The molecule has 0 aliphatic heterocycles. The number of nitrogens with zero attached hydrogens (tertiary/aromatic N) is 1. The maximum atomic E-state index is 12.1. The van der Waals surface area contributed by atoms with Gasteiger partial charge < -0.3 is 10.1 Å². The second-order valence-corrected chi connectivity index (χ2v) is 7.48. The van der Waals surface area contributed by atoms with E-state index in [9.17, 15) is 14.4 Å². The lowest BCUT2D eigenvalue weighted by Gasteiger charge is -2.05.